The van der Waals surface area contributed by atoms with Gasteiger partial charge in [-0.15, -0.1) is 0 Å². The molecule has 1 rings (SSSR count). The second-order valence-corrected chi connectivity index (χ2v) is 3.61. The van der Waals surface area contributed by atoms with E-state index in [2.05, 4.69) is 25.8 Å². The highest BCUT2D eigenvalue weighted by atomic mass is 19.1. The van der Waals surface area contributed by atoms with Gasteiger partial charge in [-0.25, -0.2) is 9.37 Å². The number of anilines is 1. The number of hydrogen-bond acceptors (Lipinski definition) is 2. The normalized spacial score (nSPS) is 9.38. The lowest BCUT2D eigenvalue weighted by Crippen LogP contribution is -1.94. The molecule has 1 aromatic rings. The number of pyridine rings is 1. The fourth-order valence-corrected chi connectivity index (χ4v) is 0.544. The summed E-state index contributed by atoms with van der Waals surface area (Å²) < 4.78 is 12.4. The van der Waals surface area contributed by atoms with E-state index in [9.17, 15) is 4.39 Å². The van der Waals surface area contributed by atoms with Crippen LogP contribution in [0.2, 0.25) is 0 Å². The van der Waals surface area contributed by atoms with Crippen molar-refractivity contribution in [2.45, 2.75) is 27.7 Å². The number of nitrogen functional groups attached to an aromatic ring is 1. The molecule has 0 amide bonds. The number of halogens is 1. The summed E-state index contributed by atoms with van der Waals surface area (Å²) in [5, 5.41) is 0. The molecule has 2 N–H and O–H groups in total. The van der Waals surface area contributed by atoms with Crippen molar-refractivity contribution < 1.29 is 4.39 Å². The average Bonchev–Trinajstić information content (AvgIpc) is 1.96. The van der Waals surface area contributed by atoms with Crippen molar-refractivity contribution in [3.8, 4) is 0 Å². The summed E-state index contributed by atoms with van der Waals surface area (Å²) in [5.41, 5.74) is 5.88. The lowest BCUT2D eigenvalue weighted by atomic mass is 10.3. The Balaban J connectivity index is 0.000000310. The quantitative estimate of drug-likeness (QED) is 0.673. The van der Waals surface area contributed by atoms with Gasteiger partial charge in [-0.2, -0.15) is 0 Å². The molecule has 13 heavy (non-hydrogen) atoms. The van der Waals surface area contributed by atoms with Gasteiger partial charge in [-0.1, -0.05) is 20.8 Å². The Morgan fingerprint density at radius 3 is 2.15 bits per heavy atom. The summed E-state index contributed by atoms with van der Waals surface area (Å²) >= 11 is 0. The Bertz CT molecular complexity index is 256. The lowest BCUT2D eigenvalue weighted by molar-refractivity contribution is 0.626. The first kappa shape index (κ1) is 11.9. The molecular weight excluding hydrogens is 167 g/mol. The largest absolute Gasteiger partial charge is 0.381 e. The first-order valence-electron chi connectivity index (χ1n) is 4.31. The number of aryl methyl sites for hydroxylation is 1. The molecule has 74 valence electrons. The van der Waals surface area contributed by atoms with Gasteiger partial charge in [0.15, 0.2) is 11.6 Å². The minimum atomic E-state index is -0.449. The maximum Gasteiger partial charge on any atom is 0.165 e. The summed E-state index contributed by atoms with van der Waals surface area (Å²) in [7, 11) is 0. The van der Waals surface area contributed by atoms with Crippen LogP contribution in [0.25, 0.3) is 0 Å². The van der Waals surface area contributed by atoms with Crippen molar-refractivity contribution in [3.05, 3.63) is 23.6 Å². The molecule has 0 fully saturated rings. The van der Waals surface area contributed by atoms with E-state index in [1.54, 1.807) is 6.92 Å². The van der Waals surface area contributed by atoms with Crippen LogP contribution >= 0.6 is 0 Å². The molecule has 0 aliphatic heterocycles. The van der Waals surface area contributed by atoms with Gasteiger partial charge in [-0.3, -0.25) is 0 Å². The van der Waals surface area contributed by atoms with Gasteiger partial charge in [0.05, 0.1) is 0 Å². The summed E-state index contributed by atoms with van der Waals surface area (Å²) in [6, 6.07) is 1.35. The van der Waals surface area contributed by atoms with E-state index in [1.807, 2.05) is 0 Å². The van der Waals surface area contributed by atoms with E-state index in [0.29, 0.717) is 0 Å². The standard InChI is InChI=1S/C6H7FN2.C4H10/c1-4-2-5(7)6(8)9-3-4;1-4(2)3/h2-3H,1H3,(H2,8,9);4H,1-3H3. The number of nitrogens with zero attached hydrogens (tertiary/aromatic N) is 1. The fraction of sp³-hybridized carbons (Fsp3) is 0.500. The maximum atomic E-state index is 12.4. The van der Waals surface area contributed by atoms with Crippen LogP contribution in [-0.4, -0.2) is 4.98 Å². The average molecular weight is 184 g/mol. The zero-order valence-corrected chi connectivity index (χ0v) is 8.63. The van der Waals surface area contributed by atoms with Crippen LogP contribution in [0.4, 0.5) is 10.2 Å². The van der Waals surface area contributed by atoms with E-state index in [0.717, 1.165) is 11.5 Å². The summed E-state index contributed by atoms with van der Waals surface area (Å²) in [6.07, 6.45) is 1.53. The number of hydrogen-bond donors (Lipinski definition) is 1. The monoisotopic (exact) mass is 184 g/mol. The molecule has 0 aliphatic rings. The number of aromatic nitrogens is 1. The number of nitrogens with two attached hydrogens (primary N) is 1. The van der Waals surface area contributed by atoms with Crippen LogP contribution in [0, 0.1) is 18.7 Å². The van der Waals surface area contributed by atoms with Gasteiger partial charge < -0.3 is 5.73 Å². The Labute approximate surface area is 79.0 Å². The molecular formula is C10H17FN2. The Hall–Kier alpha value is -1.12. The van der Waals surface area contributed by atoms with Gasteiger partial charge in [0.2, 0.25) is 0 Å². The molecule has 0 aliphatic carbocycles. The third-order valence-electron chi connectivity index (χ3n) is 1.01. The van der Waals surface area contributed by atoms with Crippen molar-refractivity contribution in [2.24, 2.45) is 5.92 Å². The molecule has 0 atom stereocenters. The maximum absolute atomic E-state index is 12.4. The van der Waals surface area contributed by atoms with Crippen LogP contribution < -0.4 is 5.73 Å². The van der Waals surface area contributed by atoms with Crippen LogP contribution in [0.15, 0.2) is 12.3 Å². The van der Waals surface area contributed by atoms with Gasteiger partial charge in [0.25, 0.3) is 0 Å². The van der Waals surface area contributed by atoms with Crippen LogP contribution in [0.5, 0.6) is 0 Å². The van der Waals surface area contributed by atoms with Crippen molar-refractivity contribution >= 4 is 5.82 Å². The highest BCUT2D eigenvalue weighted by molar-refractivity contribution is 5.31. The van der Waals surface area contributed by atoms with E-state index in [4.69, 9.17) is 5.73 Å². The minimum absolute atomic E-state index is 0.0411. The van der Waals surface area contributed by atoms with Gasteiger partial charge in [-0.05, 0) is 24.5 Å². The zero-order valence-electron chi connectivity index (χ0n) is 8.63. The predicted molar refractivity (Wildman–Crippen MR) is 53.9 cm³/mol. The Kier molecular flexibility index (Phi) is 5.04. The smallest absolute Gasteiger partial charge is 0.165 e. The summed E-state index contributed by atoms with van der Waals surface area (Å²) in [6.45, 7) is 8.26. The van der Waals surface area contributed by atoms with E-state index in [-0.39, 0.29) is 5.82 Å². The molecule has 0 saturated heterocycles. The van der Waals surface area contributed by atoms with Crippen LogP contribution in [0.3, 0.4) is 0 Å². The second kappa shape index (κ2) is 5.51. The molecule has 0 bridgehead atoms. The van der Waals surface area contributed by atoms with Gasteiger partial charge >= 0.3 is 0 Å². The molecule has 1 aromatic heterocycles. The SMILES string of the molecule is CC(C)C.Cc1cnc(N)c(F)c1. The molecule has 1 heterocycles. The third-order valence-corrected chi connectivity index (χ3v) is 1.01. The van der Waals surface area contributed by atoms with Crippen molar-refractivity contribution in [1.82, 2.24) is 4.98 Å². The van der Waals surface area contributed by atoms with Crippen molar-refractivity contribution in [1.29, 1.82) is 0 Å². The van der Waals surface area contributed by atoms with E-state index in [1.165, 1.54) is 12.3 Å². The molecule has 0 unspecified atom stereocenters. The molecule has 3 heteroatoms. The Morgan fingerprint density at radius 2 is 1.85 bits per heavy atom. The van der Waals surface area contributed by atoms with Crippen molar-refractivity contribution in [2.75, 3.05) is 5.73 Å². The fourth-order valence-electron chi connectivity index (χ4n) is 0.544. The van der Waals surface area contributed by atoms with E-state index < -0.39 is 5.82 Å². The lowest BCUT2D eigenvalue weighted by Gasteiger charge is -1.93. The topological polar surface area (TPSA) is 38.9 Å². The molecule has 0 spiro atoms. The van der Waals surface area contributed by atoms with Crippen LogP contribution in [-0.2, 0) is 0 Å². The Morgan fingerprint density at radius 1 is 1.38 bits per heavy atom. The summed E-state index contributed by atoms with van der Waals surface area (Å²) in [5.74, 6) is 0.343. The predicted octanol–water partition coefficient (Wildman–Crippen LogP) is 2.77. The molecule has 0 saturated carbocycles. The highest BCUT2D eigenvalue weighted by Gasteiger charge is 1.95. The van der Waals surface area contributed by atoms with E-state index >= 15 is 0 Å². The molecule has 2 nitrogen and oxygen atoms in total. The number of rotatable bonds is 0. The summed E-state index contributed by atoms with van der Waals surface area (Å²) in [4.78, 5) is 3.58. The molecule has 0 radical (unpaired) electrons. The third kappa shape index (κ3) is 6.08. The molecule has 0 aromatic carbocycles. The van der Waals surface area contributed by atoms with Crippen LogP contribution in [0.1, 0.15) is 26.3 Å². The first-order valence-corrected chi connectivity index (χ1v) is 4.31. The zero-order chi connectivity index (χ0) is 10.4. The van der Waals surface area contributed by atoms with Crippen molar-refractivity contribution in [3.63, 3.8) is 0 Å². The second-order valence-electron chi connectivity index (χ2n) is 3.61. The van der Waals surface area contributed by atoms with Gasteiger partial charge in [0.1, 0.15) is 0 Å². The highest BCUT2D eigenvalue weighted by Crippen LogP contribution is 2.05. The minimum Gasteiger partial charge on any atom is -0.381 e. The first-order chi connectivity index (χ1) is 5.93. The van der Waals surface area contributed by atoms with Gasteiger partial charge in [0, 0.05) is 6.20 Å².